The molecule has 100 valence electrons. The summed E-state index contributed by atoms with van der Waals surface area (Å²) in [5.41, 5.74) is 1.23. The first-order valence-electron chi connectivity index (χ1n) is 6.56. The van der Waals surface area contributed by atoms with Gasteiger partial charge in [0.1, 0.15) is 5.75 Å². The third-order valence-corrected chi connectivity index (χ3v) is 4.06. The molecular formula is C14H21BrN2O. The Kier molecular flexibility index (Phi) is 4.89. The summed E-state index contributed by atoms with van der Waals surface area (Å²) in [5.74, 6) is 0.916. The van der Waals surface area contributed by atoms with Crippen molar-refractivity contribution in [3.8, 4) is 5.75 Å². The Hall–Kier alpha value is -0.740. The van der Waals surface area contributed by atoms with Crippen molar-refractivity contribution in [1.82, 2.24) is 5.32 Å². The predicted molar refractivity (Wildman–Crippen MR) is 79.6 cm³/mol. The van der Waals surface area contributed by atoms with E-state index in [4.69, 9.17) is 4.74 Å². The first-order valence-corrected chi connectivity index (χ1v) is 7.35. The highest BCUT2D eigenvalue weighted by Crippen LogP contribution is 2.31. The van der Waals surface area contributed by atoms with Crippen LogP contribution in [0, 0.1) is 0 Å². The maximum Gasteiger partial charge on any atom is 0.121 e. The van der Waals surface area contributed by atoms with E-state index in [0.717, 1.165) is 29.9 Å². The maximum atomic E-state index is 5.31. The van der Waals surface area contributed by atoms with E-state index < -0.39 is 0 Å². The second-order valence-corrected chi connectivity index (χ2v) is 5.56. The minimum atomic E-state index is 0.599. The summed E-state index contributed by atoms with van der Waals surface area (Å²) in [6, 6.07) is 6.75. The van der Waals surface area contributed by atoms with Gasteiger partial charge in [0, 0.05) is 36.2 Å². The summed E-state index contributed by atoms with van der Waals surface area (Å²) in [6.45, 7) is 5.40. The quantitative estimate of drug-likeness (QED) is 0.925. The lowest BCUT2D eigenvalue weighted by Gasteiger charge is -2.36. The normalized spacial score (nSPS) is 19.9. The van der Waals surface area contributed by atoms with E-state index in [0.29, 0.717) is 6.04 Å². The van der Waals surface area contributed by atoms with E-state index in [2.05, 4.69) is 45.2 Å². The summed E-state index contributed by atoms with van der Waals surface area (Å²) in [6.07, 6.45) is 2.46. The van der Waals surface area contributed by atoms with Crippen molar-refractivity contribution in [1.29, 1.82) is 0 Å². The first kappa shape index (κ1) is 13.7. The van der Waals surface area contributed by atoms with Gasteiger partial charge in [-0.15, -0.1) is 0 Å². The van der Waals surface area contributed by atoms with Crippen molar-refractivity contribution < 1.29 is 4.74 Å². The van der Waals surface area contributed by atoms with Crippen LogP contribution in [0.5, 0.6) is 5.75 Å². The highest BCUT2D eigenvalue weighted by Gasteiger charge is 2.20. The van der Waals surface area contributed by atoms with Crippen molar-refractivity contribution >= 4 is 21.6 Å². The minimum absolute atomic E-state index is 0.599. The van der Waals surface area contributed by atoms with Crippen LogP contribution in [-0.4, -0.2) is 32.8 Å². The average molecular weight is 313 g/mol. The molecule has 2 rings (SSSR count). The molecule has 0 radical (unpaired) electrons. The van der Waals surface area contributed by atoms with Gasteiger partial charge in [0.05, 0.1) is 12.8 Å². The zero-order chi connectivity index (χ0) is 13.0. The highest BCUT2D eigenvalue weighted by molar-refractivity contribution is 9.10. The van der Waals surface area contributed by atoms with E-state index in [1.807, 2.05) is 6.07 Å². The number of hydrogen-bond acceptors (Lipinski definition) is 3. The third kappa shape index (κ3) is 3.18. The lowest BCUT2D eigenvalue weighted by molar-refractivity contribution is 0.412. The van der Waals surface area contributed by atoms with Crippen LogP contribution >= 0.6 is 15.9 Å². The Balaban J connectivity index is 2.14. The molecule has 1 aliphatic heterocycles. The average Bonchev–Trinajstić information content (AvgIpc) is 2.40. The van der Waals surface area contributed by atoms with Crippen LogP contribution < -0.4 is 15.0 Å². The van der Waals surface area contributed by atoms with Crippen molar-refractivity contribution in [2.24, 2.45) is 0 Å². The number of piperazine rings is 1. The van der Waals surface area contributed by atoms with Crippen LogP contribution in [0.4, 0.5) is 5.69 Å². The Morgan fingerprint density at radius 3 is 3.06 bits per heavy atom. The van der Waals surface area contributed by atoms with E-state index in [1.54, 1.807) is 7.11 Å². The Labute approximate surface area is 118 Å². The van der Waals surface area contributed by atoms with Gasteiger partial charge in [-0.2, -0.15) is 0 Å². The van der Waals surface area contributed by atoms with Gasteiger partial charge in [0.25, 0.3) is 0 Å². The molecule has 1 heterocycles. The van der Waals surface area contributed by atoms with Crippen LogP contribution in [0.2, 0.25) is 0 Å². The number of ether oxygens (including phenoxy) is 1. The predicted octanol–water partition coefficient (Wildman–Crippen LogP) is 3.04. The SMILES string of the molecule is CCCC1CN(c2cc(OC)ccc2Br)CCN1. The molecule has 0 spiro atoms. The lowest BCUT2D eigenvalue weighted by atomic mass is 10.1. The maximum absolute atomic E-state index is 5.31. The number of nitrogens with zero attached hydrogens (tertiary/aromatic N) is 1. The number of rotatable bonds is 4. The Morgan fingerprint density at radius 1 is 1.50 bits per heavy atom. The molecule has 0 saturated carbocycles. The van der Waals surface area contributed by atoms with Gasteiger partial charge in [-0.05, 0) is 34.5 Å². The molecule has 1 saturated heterocycles. The van der Waals surface area contributed by atoms with Crippen molar-refractivity contribution in [3.05, 3.63) is 22.7 Å². The number of methoxy groups -OCH3 is 1. The molecule has 3 nitrogen and oxygen atoms in total. The van der Waals surface area contributed by atoms with Gasteiger partial charge in [-0.1, -0.05) is 13.3 Å². The highest BCUT2D eigenvalue weighted by atomic mass is 79.9. The number of hydrogen-bond donors (Lipinski definition) is 1. The van der Waals surface area contributed by atoms with Crippen molar-refractivity contribution in [3.63, 3.8) is 0 Å². The number of benzene rings is 1. The van der Waals surface area contributed by atoms with Gasteiger partial charge >= 0.3 is 0 Å². The van der Waals surface area contributed by atoms with E-state index in [9.17, 15) is 0 Å². The molecule has 1 unspecified atom stereocenters. The summed E-state index contributed by atoms with van der Waals surface area (Å²) in [5, 5.41) is 3.58. The second kappa shape index (κ2) is 6.43. The number of nitrogens with one attached hydrogen (secondary N) is 1. The molecule has 4 heteroatoms. The zero-order valence-corrected chi connectivity index (χ0v) is 12.7. The Bertz CT molecular complexity index is 395. The third-order valence-electron chi connectivity index (χ3n) is 3.39. The fraction of sp³-hybridized carbons (Fsp3) is 0.571. The Morgan fingerprint density at radius 2 is 2.33 bits per heavy atom. The number of halogens is 1. The molecule has 1 aromatic rings. The largest absolute Gasteiger partial charge is 0.497 e. The fourth-order valence-corrected chi connectivity index (χ4v) is 2.95. The molecule has 1 aliphatic rings. The van der Waals surface area contributed by atoms with Gasteiger partial charge in [0.15, 0.2) is 0 Å². The smallest absolute Gasteiger partial charge is 0.121 e. The lowest BCUT2D eigenvalue weighted by Crippen LogP contribution is -2.50. The molecule has 0 bridgehead atoms. The molecule has 0 amide bonds. The van der Waals surface area contributed by atoms with E-state index in [1.165, 1.54) is 18.5 Å². The molecule has 1 atom stereocenters. The molecule has 1 N–H and O–H groups in total. The van der Waals surface area contributed by atoms with Gasteiger partial charge < -0.3 is 15.0 Å². The van der Waals surface area contributed by atoms with Crippen LogP contribution in [-0.2, 0) is 0 Å². The molecular weight excluding hydrogens is 292 g/mol. The summed E-state index contributed by atoms with van der Waals surface area (Å²) < 4.78 is 6.45. The fourth-order valence-electron chi connectivity index (χ4n) is 2.45. The summed E-state index contributed by atoms with van der Waals surface area (Å²) in [4.78, 5) is 2.43. The topological polar surface area (TPSA) is 24.5 Å². The monoisotopic (exact) mass is 312 g/mol. The molecule has 1 fully saturated rings. The van der Waals surface area contributed by atoms with E-state index in [-0.39, 0.29) is 0 Å². The van der Waals surface area contributed by atoms with Crippen LogP contribution in [0.1, 0.15) is 19.8 Å². The number of anilines is 1. The standard InChI is InChI=1S/C14H21BrN2O/c1-3-4-11-10-17(8-7-16-11)14-9-12(18-2)5-6-13(14)15/h5-6,9,11,16H,3-4,7-8,10H2,1-2H3. The van der Waals surface area contributed by atoms with Crippen molar-refractivity contribution in [2.75, 3.05) is 31.6 Å². The molecule has 1 aromatic carbocycles. The van der Waals surface area contributed by atoms with Crippen molar-refractivity contribution in [2.45, 2.75) is 25.8 Å². The van der Waals surface area contributed by atoms with Crippen LogP contribution in [0.25, 0.3) is 0 Å². The van der Waals surface area contributed by atoms with E-state index >= 15 is 0 Å². The zero-order valence-electron chi connectivity index (χ0n) is 11.1. The van der Waals surface area contributed by atoms with Gasteiger partial charge in [-0.3, -0.25) is 0 Å². The summed E-state index contributed by atoms with van der Waals surface area (Å²) >= 11 is 3.64. The molecule has 0 aromatic heterocycles. The second-order valence-electron chi connectivity index (χ2n) is 4.70. The van der Waals surface area contributed by atoms with Gasteiger partial charge in [0.2, 0.25) is 0 Å². The first-order chi connectivity index (χ1) is 8.74. The molecule has 0 aliphatic carbocycles. The van der Waals surface area contributed by atoms with Gasteiger partial charge in [-0.25, -0.2) is 0 Å². The molecule has 18 heavy (non-hydrogen) atoms. The van der Waals surface area contributed by atoms with Crippen LogP contribution in [0.3, 0.4) is 0 Å². The summed E-state index contributed by atoms with van der Waals surface area (Å²) in [7, 11) is 1.71. The minimum Gasteiger partial charge on any atom is -0.497 e. The van der Waals surface area contributed by atoms with Crippen LogP contribution in [0.15, 0.2) is 22.7 Å².